The van der Waals surface area contributed by atoms with Gasteiger partial charge in [-0.05, 0) is 70.0 Å². The molecule has 1 amide bonds. The molecule has 0 aliphatic carbocycles. The lowest BCUT2D eigenvalue weighted by molar-refractivity contribution is 0.0652. The molecular weight excluding hydrogens is 577 g/mol. The molecule has 11 heteroatoms. The predicted octanol–water partition coefficient (Wildman–Crippen LogP) is 4.72. The van der Waals surface area contributed by atoms with Gasteiger partial charge in [0.1, 0.15) is 5.52 Å². The number of hydrogen-bond donors (Lipinski definition) is 0. The fourth-order valence-electron chi connectivity index (χ4n) is 5.37. The van der Waals surface area contributed by atoms with E-state index >= 15 is 4.39 Å². The van der Waals surface area contributed by atoms with Gasteiger partial charge in [-0.25, -0.2) is 23.6 Å². The molecule has 1 aliphatic heterocycles. The molecular formula is C29H27BrFN7O2. The summed E-state index contributed by atoms with van der Waals surface area (Å²) in [6.45, 7) is 7.75. The lowest BCUT2D eigenvalue weighted by Crippen LogP contribution is -2.46. The smallest absolute Gasteiger partial charge is 0.263 e. The number of amides is 1. The summed E-state index contributed by atoms with van der Waals surface area (Å²) in [6, 6.07) is 10.2. The van der Waals surface area contributed by atoms with Crippen LogP contribution in [0, 0.1) is 26.6 Å². The quantitative estimate of drug-likeness (QED) is 0.298. The van der Waals surface area contributed by atoms with E-state index in [1.165, 1.54) is 17.0 Å². The Hall–Kier alpha value is -4.12. The van der Waals surface area contributed by atoms with Crippen LogP contribution in [0.3, 0.4) is 0 Å². The van der Waals surface area contributed by atoms with Crippen LogP contribution >= 0.6 is 15.9 Å². The molecule has 0 radical (unpaired) electrons. The van der Waals surface area contributed by atoms with Crippen molar-refractivity contribution in [2.24, 2.45) is 7.05 Å². The summed E-state index contributed by atoms with van der Waals surface area (Å²) in [4.78, 5) is 38.6. The number of carbonyl (C=O) groups excluding carboxylic acids is 1. The van der Waals surface area contributed by atoms with Crippen molar-refractivity contribution in [3.8, 4) is 11.6 Å². The minimum Gasteiger partial charge on any atom is -0.334 e. The molecule has 0 unspecified atom stereocenters. The van der Waals surface area contributed by atoms with Crippen LogP contribution in [-0.2, 0) is 20.0 Å². The molecule has 1 aliphatic rings. The average molecular weight is 604 g/mol. The molecule has 3 aromatic heterocycles. The normalized spacial score (nSPS) is 15.1. The highest BCUT2D eigenvalue weighted by molar-refractivity contribution is 9.10. The van der Waals surface area contributed by atoms with Crippen LogP contribution in [0.5, 0.6) is 0 Å². The number of halogens is 2. The van der Waals surface area contributed by atoms with Gasteiger partial charge in [0.25, 0.3) is 11.5 Å². The molecule has 0 N–H and O–H groups in total. The number of aromatic nitrogens is 6. The summed E-state index contributed by atoms with van der Waals surface area (Å²) in [5.74, 6) is -0.431. The van der Waals surface area contributed by atoms with Gasteiger partial charge in [-0.2, -0.15) is 5.10 Å². The zero-order chi connectivity index (χ0) is 28.5. The summed E-state index contributed by atoms with van der Waals surface area (Å²) >= 11 is 3.49. The van der Waals surface area contributed by atoms with Crippen molar-refractivity contribution in [3.05, 3.63) is 97.1 Å². The van der Waals surface area contributed by atoms with Gasteiger partial charge in [0.2, 0.25) is 5.95 Å². The van der Waals surface area contributed by atoms with Crippen LogP contribution in [0.1, 0.15) is 45.5 Å². The van der Waals surface area contributed by atoms with Crippen LogP contribution in [-0.4, -0.2) is 45.7 Å². The summed E-state index contributed by atoms with van der Waals surface area (Å²) in [7, 11) is 1.77. The second kappa shape index (κ2) is 9.51. The highest BCUT2D eigenvalue weighted by Crippen LogP contribution is 2.27. The third-order valence-corrected chi connectivity index (χ3v) is 8.38. The van der Waals surface area contributed by atoms with Crippen LogP contribution in [0.15, 0.2) is 52.0 Å². The molecule has 0 fully saturated rings. The average Bonchev–Trinajstić information content (AvgIpc) is 3.46. The number of hydrogen-bond acceptors (Lipinski definition) is 5. The van der Waals surface area contributed by atoms with Crippen LogP contribution in [0.2, 0.25) is 0 Å². The maximum Gasteiger partial charge on any atom is 0.263 e. The minimum atomic E-state index is -0.535. The van der Waals surface area contributed by atoms with E-state index < -0.39 is 5.82 Å². The first-order valence-corrected chi connectivity index (χ1v) is 13.7. The molecule has 0 saturated carbocycles. The lowest BCUT2D eigenvalue weighted by atomic mass is 9.98. The number of imidazole rings is 1. The zero-order valence-electron chi connectivity index (χ0n) is 22.7. The van der Waals surface area contributed by atoms with Gasteiger partial charge in [-0.1, -0.05) is 15.9 Å². The Morgan fingerprint density at radius 1 is 1.12 bits per heavy atom. The minimum absolute atomic E-state index is 0.129. The Balaban J connectivity index is 1.54. The van der Waals surface area contributed by atoms with Gasteiger partial charge in [0.05, 0.1) is 35.5 Å². The van der Waals surface area contributed by atoms with E-state index in [1.54, 1.807) is 33.3 Å². The first kappa shape index (κ1) is 26.1. The Morgan fingerprint density at radius 3 is 2.60 bits per heavy atom. The van der Waals surface area contributed by atoms with Crippen molar-refractivity contribution >= 4 is 32.9 Å². The monoisotopic (exact) mass is 603 g/mol. The maximum absolute atomic E-state index is 15.2. The van der Waals surface area contributed by atoms with Crippen molar-refractivity contribution in [2.45, 2.75) is 46.7 Å². The number of carbonyl (C=O) groups is 1. The van der Waals surface area contributed by atoms with E-state index in [1.807, 2.05) is 45.9 Å². The zero-order valence-corrected chi connectivity index (χ0v) is 24.3. The molecule has 0 saturated heterocycles. The first-order chi connectivity index (χ1) is 19.0. The van der Waals surface area contributed by atoms with Gasteiger partial charge >= 0.3 is 0 Å². The molecule has 2 aromatic carbocycles. The molecule has 1 atom stereocenters. The molecule has 0 spiro atoms. The van der Waals surface area contributed by atoms with E-state index in [4.69, 9.17) is 4.98 Å². The Morgan fingerprint density at radius 2 is 1.90 bits per heavy atom. The summed E-state index contributed by atoms with van der Waals surface area (Å²) in [5, 5.41) is 4.58. The third kappa shape index (κ3) is 4.16. The topological polar surface area (TPSA) is 90.8 Å². The largest absolute Gasteiger partial charge is 0.334 e. The maximum atomic E-state index is 15.2. The fraction of sp³-hybridized carbons (Fsp3) is 0.276. The van der Waals surface area contributed by atoms with Gasteiger partial charge in [-0.15, -0.1) is 0 Å². The highest BCUT2D eigenvalue weighted by atomic mass is 79.9. The molecule has 40 heavy (non-hydrogen) atoms. The van der Waals surface area contributed by atoms with E-state index in [0.717, 1.165) is 21.4 Å². The molecule has 6 rings (SSSR count). The van der Waals surface area contributed by atoms with Crippen LogP contribution in [0.4, 0.5) is 4.39 Å². The Bertz CT molecular complexity index is 1900. The van der Waals surface area contributed by atoms with Crippen molar-refractivity contribution in [2.75, 3.05) is 0 Å². The van der Waals surface area contributed by atoms with E-state index in [-0.39, 0.29) is 35.5 Å². The van der Waals surface area contributed by atoms with E-state index in [9.17, 15) is 9.59 Å². The highest BCUT2D eigenvalue weighted by Gasteiger charge is 2.33. The molecule has 5 aromatic rings. The second-order valence-electron chi connectivity index (χ2n) is 10.4. The number of benzene rings is 2. The SMILES string of the molecule is Cc1cc(C)n(-c2nc3c(c(=O)n2-c2cc(F)c4ncn(C)c4c2)C[C@@H](C)N(C(=O)c2ccc(Br)c(C)c2)C3)n1. The fourth-order valence-corrected chi connectivity index (χ4v) is 5.62. The molecule has 9 nitrogen and oxygen atoms in total. The number of fused-ring (bicyclic) bond motifs is 2. The van der Waals surface area contributed by atoms with E-state index in [2.05, 4.69) is 26.0 Å². The second-order valence-corrected chi connectivity index (χ2v) is 11.3. The number of aryl methyl sites for hydroxylation is 4. The van der Waals surface area contributed by atoms with Crippen molar-refractivity contribution in [3.63, 3.8) is 0 Å². The van der Waals surface area contributed by atoms with Gasteiger partial charge < -0.3 is 9.47 Å². The van der Waals surface area contributed by atoms with Crippen LogP contribution < -0.4 is 5.56 Å². The third-order valence-electron chi connectivity index (χ3n) is 7.49. The Kier molecular flexibility index (Phi) is 6.21. The molecule has 0 bridgehead atoms. The first-order valence-electron chi connectivity index (χ1n) is 12.9. The molecule has 204 valence electrons. The van der Waals surface area contributed by atoms with Crippen molar-refractivity contribution in [1.82, 2.24) is 33.8 Å². The van der Waals surface area contributed by atoms with Crippen molar-refractivity contribution in [1.29, 1.82) is 0 Å². The van der Waals surface area contributed by atoms with Gasteiger partial charge in [0.15, 0.2) is 5.82 Å². The lowest BCUT2D eigenvalue weighted by Gasteiger charge is -2.34. The van der Waals surface area contributed by atoms with Crippen molar-refractivity contribution < 1.29 is 9.18 Å². The van der Waals surface area contributed by atoms with Gasteiger partial charge in [-0.3, -0.25) is 9.59 Å². The van der Waals surface area contributed by atoms with Crippen LogP contribution in [0.25, 0.3) is 22.7 Å². The Labute approximate surface area is 238 Å². The number of rotatable bonds is 3. The van der Waals surface area contributed by atoms with E-state index in [0.29, 0.717) is 34.4 Å². The summed E-state index contributed by atoms with van der Waals surface area (Å²) in [5.41, 5.74) is 4.84. The molecule has 4 heterocycles. The summed E-state index contributed by atoms with van der Waals surface area (Å²) < 4.78 is 20.8. The van der Waals surface area contributed by atoms with Gasteiger partial charge in [0, 0.05) is 40.4 Å². The summed E-state index contributed by atoms with van der Waals surface area (Å²) in [6.07, 6.45) is 1.85. The number of nitrogens with zero attached hydrogens (tertiary/aromatic N) is 7. The standard InChI is InChI=1S/C29H27BrFN7O2/c1-15-8-19(6-7-22(15)30)27(39)36-13-24-21(10-17(36)3)28(40)37(29(33-24)38-18(4)9-16(2)34-38)20-11-23(31)26-25(12-20)35(5)14-32-26/h6-9,11-12,14,17H,10,13H2,1-5H3/t17-/m1/s1. The predicted molar refractivity (Wildman–Crippen MR) is 153 cm³/mol.